The van der Waals surface area contributed by atoms with E-state index in [9.17, 15) is 32.5 Å². The first kappa shape index (κ1) is 20.2. The summed E-state index contributed by atoms with van der Waals surface area (Å²) >= 11 is 0. The number of nitro benzene ring substituents is 1. The summed E-state index contributed by atoms with van der Waals surface area (Å²) in [7, 11) is 1.37. The minimum absolute atomic E-state index is 0.00406. The van der Waals surface area contributed by atoms with Crippen molar-refractivity contribution in [3.8, 4) is 0 Å². The van der Waals surface area contributed by atoms with E-state index in [1.165, 1.54) is 26.1 Å². The van der Waals surface area contributed by atoms with E-state index in [1.807, 2.05) is 0 Å². The molecule has 0 unspecified atom stereocenters. The molecule has 152 valence electrons. The number of alkyl halides is 3. The molecule has 2 heterocycles. The summed E-state index contributed by atoms with van der Waals surface area (Å²) in [5.74, 6) is -0.627. The molecule has 1 N–H and O–H groups in total. The van der Waals surface area contributed by atoms with Gasteiger partial charge < -0.3 is 9.88 Å². The second-order valence-corrected chi connectivity index (χ2v) is 6.38. The molecule has 3 aromatic rings. The molecule has 0 bridgehead atoms. The third-order valence-electron chi connectivity index (χ3n) is 4.43. The molecule has 0 saturated heterocycles. The second kappa shape index (κ2) is 7.15. The summed E-state index contributed by atoms with van der Waals surface area (Å²) in [6.45, 7) is 1.48. The molecular formula is C18H14F4N4O3. The van der Waals surface area contributed by atoms with Crippen molar-refractivity contribution in [3.05, 3.63) is 73.9 Å². The standard InChI is InChI=1S/C18H14F4N4O3/c1-9(10-5-11(18(20,21)22)7-12(6-10)26(28)29)24-17-13-3-4-15(27)25(2)16(13)14(19)8-23-17/h3-9H,1-2H3,(H,23,24)/t9-/m1/s1. The van der Waals surface area contributed by atoms with E-state index in [1.54, 1.807) is 0 Å². The molecule has 7 nitrogen and oxygen atoms in total. The number of nitrogens with one attached hydrogen (secondary N) is 1. The maximum atomic E-state index is 14.1. The fourth-order valence-corrected chi connectivity index (χ4v) is 2.93. The number of hydrogen-bond acceptors (Lipinski definition) is 5. The molecule has 0 radical (unpaired) electrons. The van der Waals surface area contributed by atoms with Crippen molar-refractivity contribution in [2.24, 2.45) is 7.05 Å². The van der Waals surface area contributed by atoms with Gasteiger partial charge in [-0.2, -0.15) is 13.2 Å². The fourth-order valence-electron chi connectivity index (χ4n) is 2.93. The van der Waals surface area contributed by atoms with Crippen LogP contribution in [0.3, 0.4) is 0 Å². The van der Waals surface area contributed by atoms with Crippen LogP contribution in [-0.4, -0.2) is 14.5 Å². The number of hydrogen-bond donors (Lipinski definition) is 1. The zero-order valence-electron chi connectivity index (χ0n) is 15.1. The van der Waals surface area contributed by atoms with Gasteiger partial charge in [-0.15, -0.1) is 0 Å². The van der Waals surface area contributed by atoms with Crippen molar-refractivity contribution in [1.29, 1.82) is 0 Å². The third kappa shape index (κ3) is 3.89. The average Bonchev–Trinajstić information content (AvgIpc) is 2.65. The lowest BCUT2D eigenvalue weighted by Crippen LogP contribution is -2.18. The Morgan fingerprint density at radius 1 is 1.24 bits per heavy atom. The van der Waals surface area contributed by atoms with Gasteiger partial charge in [-0.25, -0.2) is 9.37 Å². The fraction of sp³-hybridized carbons (Fsp3) is 0.222. The molecular weight excluding hydrogens is 396 g/mol. The third-order valence-corrected chi connectivity index (χ3v) is 4.43. The Morgan fingerprint density at radius 2 is 1.93 bits per heavy atom. The maximum Gasteiger partial charge on any atom is 0.416 e. The number of aryl methyl sites for hydroxylation is 1. The molecule has 0 aliphatic rings. The summed E-state index contributed by atoms with van der Waals surface area (Å²) in [5, 5.41) is 14.1. The summed E-state index contributed by atoms with van der Waals surface area (Å²) in [6.07, 6.45) is -3.88. The molecule has 0 amide bonds. The van der Waals surface area contributed by atoms with Crippen LogP contribution in [0, 0.1) is 15.9 Å². The number of pyridine rings is 2. The van der Waals surface area contributed by atoms with Crippen molar-refractivity contribution in [3.63, 3.8) is 0 Å². The van der Waals surface area contributed by atoms with Crippen LogP contribution in [0.1, 0.15) is 24.1 Å². The molecule has 0 aliphatic heterocycles. The minimum Gasteiger partial charge on any atom is -0.363 e. The zero-order valence-corrected chi connectivity index (χ0v) is 15.1. The largest absolute Gasteiger partial charge is 0.416 e. The highest BCUT2D eigenvalue weighted by molar-refractivity contribution is 5.89. The van der Waals surface area contributed by atoms with Crippen LogP contribution in [0.2, 0.25) is 0 Å². The number of fused-ring (bicyclic) bond motifs is 1. The Hall–Kier alpha value is -3.50. The number of benzene rings is 1. The van der Waals surface area contributed by atoms with Gasteiger partial charge in [0.05, 0.1) is 28.2 Å². The molecule has 0 spiro atoms. The molecule has 1 atom stereocenters. The minimum atomic E-state index is -4.76. The molecule has 3 rings (SSSR count). The molecule has 0 aliphatic carbocycles. The SMILES string of the molecule is C[C@@H](Nc1ncc(F)c2c1ccc(=O)n2C)c1cc([N+](=O)[O-])cc(C(F)(F)F)c1. The predicted octanol–water partition coefficient (Wildman–Crippen LogP) is 4.17. The second-order valence-electron chi connectivity index (χ2n) is 6.38. The number of non-ortho nitro benzene ring substituents is 1. The first-order valence-corrected chi connectivity index (χ1v) is 8.26. The molecule has 1 aromatic carbocycles. The number of aromatic nitrogens is 2. The Kier molecular flexibility index (Phi) is 4.99. The van der Waals surface area contributed by atoms with Gasteiger partial charge in [0.1, 0.15) is 5.82 Å². The number of nitro groups is 1. The van der Waals surface area contributed by atoms with Gasteiger partial charge in [-0.3, -0.25) is 14.9 Å². The Labute approximate surface area is 160 Å². The van der Waals surface area contributed by atoms with Crippen LogP contribution in [0.25, 0.3) is 10.9 Å². The van der Waals surface area contributed by atoms with Gasteiger partial charge in [-0.05, 0) is 24.6 Å². The normalized spacial score (nSPS) is 12.8. The van der Waals surface area contributed by atoms with Crippen LogP contribution >= 0.6 is 0 Å². The summed E-state index contributed by atoms with van der Waals surface area (Å²) in [6, 6.07) is 3.98. The van der Waals surface area contributed by atoms with Crippen molar-refractivity contribution >= 4 is 22.4 Å². The molecule has 11 heteroatoms. The number of halogens is 4. The number of rotatable bonds is 4. The van der Waals surface area contributed by atoms with Crippen molar-refractivity contribution in [1.82, 2.24) is 9.55 Å². The van der Waals surface area contributed by atoms with E-state index < -0.39 is 39.8 Å². The topological polar surface area (TPSA) is 90.1 Å². The monoisotopic (exact) mass is 410 g/mol. The van der Waals surface area contributed by atoms with E-state index in [-0.39, 0.29) is 22.3 Å². The first-order valence-electron chi connectivity index (χ1n) is 8.26. The van der Waals surface area contributed by atoms with Gasteiger partial charge in [0, 0.05) is 30.6 Å². The van der Waals surface area contributed by atoms with Crippen molar-refractivity contribution in [2.45, 2.75) is 19.1 Å². The number of anilines is 1. The van der Waals surface area contributed by atoms with Gasteiger partial charge in [0.25, 0.3) is 11.2 Å². The Bertz CT molecular complexity index is 1170. The summed E-state index contributed by atoms with van der Waals surface area (Å²) in [4.78, 5) is 25.8. The maximum absolute atomic E-state index is 14.1. The van der Waals surface area contributed by atoms with Crippen LogP contribution in [-0.2, 0) is 13.2 Å². The van der Waals surface area contributed by atoms with Crippen LogP contribution in [0.5, 0.6) is 0 Å². The van der Waals surface area contributed by atoms with Crippen LogP contribution in [0.4, 0.5) is 29.1 Å². The predicted molar refractivity (Wildman–Crippen MR) is 97.1 cm³/mol. The number of nitrogens with zero attached hydrogens (tertiary/aromatic N) is 3. The van der Waals surface area contributed by atoms with Gasteiger partial charge >= 0.3 is 6.18 Å². The van der Waals surface area contributed by atoms with E-state index >= 15 is 0 Å². The van der Waals surface area contributed by atoms with E-state index in [4.69, 9.17) is 0 Å². The highest BCUT2D eigenvalue weighted by Crippen LogP contribution is 2.35. The van der Waals surface area contributed by atoms with Crippen LogP contribution in [0.15, 0.2) is 41.3 Å². The lowest BCUT2D eigenvalue weighted by Gasteiger charge is -2.18. The lowest BCUT2D eigenvalue weighted by molar-refractivity contribution is -0.385. The smallest absolute Gasteiger partial charge is 0.363 e. The lowest BCUT2D eigenvalue weighted by atomic mass is 10.0. The van der Waals surface area contributed by atoms with Gasteiger partial charge in [0.15, 0.2) is 5.82 Å². The molecule has 2 aromatic heterocycles. The molecule has 0 fully saturated rings. The van der Waals surface area contributed by atoms with Gasteiger partial charge in [-0.1, -0.05) is 0 Å². The Balaban J connectivity index is 2.08. The highest BCUT2D eigenvalue weighted by Gasteiger charge is 2.33. The van der Waals surface area contributed by atoms with Crippen molar-refractivity contribution < 1.29 is 22.5 Å². The average molecular weight is 410 g/mol. The van der Waals surface area contributed by atoms with Crippen LogP contribution < -0.4 is 10.9 Å². The first-order chi connectivity index (χ1) is 13.5. The van der Waals surface area contributed by atoms with Crippen molar-refractivity contribution in [2.75, 3.05) is 5.32 Å². The van der Waals surface area contributed by atoms with Gasteiger partial charge in [0.2, 0.25) is 0 Å². The molecule has 29 heavy (non-hydrogen) atoms. The van der Waals surface area contributed by atoms with E-state index in [0.717, 1.165) is 22.9 Å². The zero-order chi connectivity index (χ0) is 21.5. The summed E-state index contributed by atoms with van der Waals surface area (Å²) in [5.41, 5.74) is -2.35. The highest BCUT2D eigenvalue weighted by atomic mass is 19.4. The Morgan fingerprint density at radius 3 is 2.55 bits per heavy atom. The quantitative estimate of drug-likeness (QED) is 0.396. The summed E-state index contributed by atoms with van der Waals surface area (Å²) < 4.78 is 54.5. The van der Waals surface area contributed by atoms with E-state index in [0.29, 0.717) is 6.07 Å². The van der Waals surface area contributed by atoms with E-state index in [2.05, 4.69) is 10.3 Å². The molecule has 0 saturated carbocycles.